The van der Waals surface area contributed by atoms with E-state index in [1.165, 1.54) is 0 Å². The number of hydrogen-bond donors (Lipinski definition) is 2. The first-order chi connectivity index (χ1) is 31.1. The molecule has 64 heavy (non-hydrogen) atoms. The van der Waals surface area contributed by atoms with Crippen LogP contribution in [-0.4, -0.2) is 19.9 Å². The van der Waals surface area contributed by atoms with Gasteiger partial charge in [0.25, 0.3) is 0 Å². The van der Waals surface area contributed by atoms with Crippen molar-refractivity contribution < 1.29 is 35.1 Å². The van der Waals surface area contributed by atoms with E-state index in [4.69, 9.17) is 9.97 Å². The van der Waals surface area contributed by atoms with E-state index in [1.807, 2.05) is 0 Å². The van der Waals surface area contributed by atoms with Crippen LogP contribution < -0.4 is 0 Å². The predicted octanol–water partition coefficient (Wildman–Crippen LogP) is 14.8. The highest BCUT2D eigenvalue weighted by atomic mass is 19.2. The van der Waals surface area contributed by atoms with Crippen LogP contribution >= 0.6 is 0 Å². The van der Waals surface area contributed by atoms with E-state index in [0.717, 1.165) is 0 Å². The van der Waals surface area contributed by atoms with Gasteiger partial charge in [-0.15, -0.1) is 0 Å². The Kier molecular flexibility index (Phi) is 8.95. The van der Waals surface area contributed by atoms with E-state index in [9.17, 15) is 0 Å². The number of benzene rings is 6. The molecule has 5 heterocycles. The van der Waals surface area contributed by atoms with Crippen LogP contribution in [0.1, 0.15) is 0 Å². The second-order valence-corrected chi connectivity index (χ2v) is 15.2. The number of H-pyrrole nitrogens is 2. The Bertz CT molecular complexity index is 3110. The van der Waals surface area contributed by atoms with Gasteiger partial charge >= 0.3 is 0 Å². The maximum absolute atomic E-state index is 16.7. The van der Waals surface area contributed by atoms with Crippen LogP contribution in [0, 0.1) is 46.5 Å². The highest BCUT2D eigenvalue weighted by molar-refractivity contribution is 6.07. The summed E-state index contributed by atoms with van der Waals surface area (Å²) in [7, 11) is 0. The topological polar surface area (TPSA) is 57.4 Å². The zero-order valence-corrected chi connectivity index (χ0v) is 32.8. The van der Waals surface area contributed by atoms with Crippen molar-refractivity contribution in [3.05, 3.63) is 192 Å². The SMILES string of the molecule is Fc1c(F)c(F)c2c(c1F)-c1nc-2c(-c2ccccc2)c2ccc([nH]2)c(-c2ccccc2)c2nc(c(-c3ccccc3)c3ccc([nH]3)c1-c1ccccc1)-c1c(F)c(F)c(F)c(F)c1-2. The highest BCUT2D eigenvalue weighted by Crippen LogP contribution is 2.52. The summed E-state index contributed by atoms with van der Waals surface area (Å²) in [6.07, 6.45) is 0. The third kappa shape index (κ3) is 5.75. The molecule has 0 unspecified atom stereocenters. The van der Waals surface area contributed by atoms with Crippen LogP contribution in [0.2, 0.25) is 0 Å². The van der Waals surface area contributed by atoms with E-state index in [-0.39, 0.29) is 67.1 Å². The van der Waals surface area contributed by atoms with Crippen molar-refractivity contribution in [2.24, 2.45) is 0 Å². The molecule has 0 amide bonds. The summed E-state index contributed by atoms with van der Waals surface area (Å²) in [6, 6.07) is 40.0. The van der Waals surface area contributed by atoms with Gasteiger partial charge < -0.3 is 9.97 Å². The minimum Gasteiger partial charge on any atom is -0.354 e. The molecule has 0 saturated carbocycles. The van der Waals surface area contributed by atoms with Crippen LogP contribution in [0.5, 0.6) is 0 Å². The van der Waals surface area contributed by atoms with E-state index < -0.39 is 68.8 Å². The lowest BCUT2D eigenvalue weighted by molar-refractivity contribution is 0.413. The smallest absolute Gasteiger partial charge is 0.198 e. The number of rotatable bonds is 4. The van der Waals surface area contributed by atoms with Crippen molar-refractivity contribution in [2.75, 3.05) is 0 Å². The number of nitrogens with one attached hydrogen (secondary N) is 2. The van der Waals surface area contributed by atoms with E-state index in [1.54, 1.807) is 146 Å². The van der Waals surface area contributed by atoms with Gasteiger partial charge in [-0.05, 0) is 46.5 Å². The number of hydrogen-bond acceptors (Lipinski definition) is 2. The molecule has 12 heteroatoms. The van der Waals surface area contributed by atoms with Gasteiger partial charge in [0.15, 0.2) is 46.5 Å². The van der Waals surface area contributed by atoms with E-state index >= 15 is 35.1 Å². The van der Waals surface area contributed by atoms with Gasteiger partial charge in [-0.25, -0.2) is 45.1 Å². The second-order valence-electron chi connectivity index (χ2n) is 15.2. The van der Waals surface area contributed by atoms with Gasteiger partial charge in [-0.2, -0.15) is 0 Å². The Balaban J connectivity index is 1.47. The fourth-order valence-corrected chi connectivity index (χ4v) is 8.80. The lowest BCUT2D eigenvalue weighted by Gasteiger charge is -2.12. The fraction of sp³-hybridized carbons (Fsp3) is 0. The van der Waals surface area contributed by atoms with Crippen molar-refractivity contribution >= 4 is 22.1 Å². The zero-order chi connectivity index (χ0) is 44.0. The molecule has 0 spiro atoms. The first kappa shape index (κ1) is 38.8. The monoisotopic (exact) mass is 858 g/mol. The normalized spacial score (nSPS) is 11.8. The first-order valence-corrected chi connectivity index (χ1v) is 19.9. The predicted molar refractivity (Wildman–Crippen MR) is 231 cm³/mol. The van der Waals surface area contributed by atoms with Gasteiger partial charge in [0, 0.05) is 44.3 Å². The average molecular weight is 859 g/mol. The van der Waals surface area contributed by atoms with Crippen LogP contribution in [0.15, 0.2) is 146 Å². The summed E-state index contributed by atoms with van der Waals surface area (Å²) in [5, 5.41) is 0. The van der Waals surface area contributed by atoms with Gasteiger partial charge in [0.05, 0.1) is 45.0 Å². The van der Waals surface area contributed by atoms with Crippen molar-refractivity contribution in [1.29, 1.82) is 0 Å². The van der Waals surface area contributed by atoms with Crippen molar-refractivity contribution in [3.63, 3.8) is 0 Å². The number of nitrogens with zero attached hydrogens (tertiary/aromatic N) is 2. The zero-order valence-electron chi connectivity index (χ0n) is 32.8. The molecule has 0 saturated heterocycles. The molecule has 6 aromatic carbocycles. The molecule has 310 valence electrons. The number of halogens is 8. The summed E-state index contributed by atoms with van der Waals surface area (Å²) < 4.78 is 129. The third-order valence-corrected chi connectivity index (χ3v) is 11.6. The Morgan fingerprint density at radius 3 is 0.641 bits per heavy atom. The quantitative estimate of drug-likeness (QED) is 0.105. The van der Waals surface area contributed by atoms with E-state index in [2.05, 4.69) is 9.97 Å². The van der Waals surface area contributed by atoms with Crippen LogP contribution in [-0.2, 0) is 0 Å². The maximum Gasteiger partial charge on any atom is 0.198 e. The molecule has 0 radical (unpaired) electrons. The second kappa shape index (κ2) is 14.8. The summed E-state index contributed by atoms with van der Waals surface area (Å²) >= 11 is 0. The molecule has 2 aliphatic rings. The molecule has 2 aliphatic heterocycles. The Labute approximate surface area is 357 Å². The van der Waals surface area contributed by atoms with Crippen molar-refractivity contribution in [1.82, 2.24) is 19.9 Å². The summed E-state index contributed by atoms with van der Waals surface area (Å²) in [4.78, 5) is 16.4. The standard InChI is InChI=1S/C52H26F8N4/c53-41-37-38(42(54)46(58)45(41)57)50-35(27-17-9-3-10-18-27)31-23-24-32(62-31)36(28-19-11-4-12-20-28)52-40-39(43(55)47(59)48(60)44(40)56)51(64-52)34(26-15-7-2-8-16-26)30-22-21-29(61-30)33(49(37)63-50)25-13-5-1-6-14-25/h1-24,61-62H. The molecule has 0 aliphatic carbocycles. The lowest BCUT2D eigenvalue weighted by atomic mass is 9.94. The highest BCUT2D eigenvalue weighted by Gasteiger charge is 2.38. The third-order valence-electron chi connectivity index (χ3n) is 11.6. The maximum atomic E-state index is 16.7. The number of aromatic nitrogens is 4. The number of fused-ring (bicyclic) bond motifs is 14. The van der Waals surface area contributed by atoms with Crippen LogP contribution in [0.3, 0.4) is 0 Å². The number of aromatic amines is 2. The molecular weight excluding hydrogens is 833 g/mol. The molecule has 2 N–H and O–H groups in total. The van der Waals surface area contributed by atoms with Crippen molar-refractivity contribution in [2.45, 2.75) is 0 Å². The van der Waals surface area contributed by atoms with Crippen LogP contribution in [0.25, 0.3) is 112 Å². The molecule has 4 nitrogen and oxygen atoms in total. The molecule has 9 aromatic rings. The average Bonchev–Trinajstić information content (AvgIpc) is 4.15. The first-order valence-electron chi connectivity index (χ1n) is 19.9. The largest absolute Gasteiger partial charge is 0.354 e. The summed E-state index contributed by atoms with van der Waals surface area (Å²) in [5.74, 6) is -14.9. The van der Waals surface area contributed by atoms with Crippen molar-refractivity contribution in [3.8, 4) is 89.5 Å². The fourth-order valence-electron chi connectivity index (χ4n) is 8.80. The minimum atomic E-state index is -2.04. The molecule has 11 rings (SSSR count). The Hall–Kier alpha value is -8.12. The van der Waals surface area contributed by atoms with Gasteiger partial charge in [-0.3, -0.25) is 0 Å². The summed E-state index contributed by atoms with van der Waals surface area (Å²) in [5.41, 5.74) is -0.754. The van der Waals surface area contributed by atoms with Gasteiger partial charge in [0.2, 0.25) is 0 Å². The Morgan fingerprint density at radius 2 is 0.438 bits per heavy atom. The van der Waals surface area contributed by atoms with Gasteiger partial charge in [0.1, 0.15) is 0 Å². The molecule has 0 fully saturated rings. The molecule has 3 aromatic heterocycles. The molecular formula is C52H26F8N4. The molecule has 8 bridgehead atoms. The van der Waals surface area contributed by atoms with Gasteiger partial charge in [-0.1, -0.05) is 121 Å². The summed E-state index contributed by atoms with van der Waals surface area (Å²) in [6.45, 7) is 0. The van der Waals surface area contributed by atoms with E-state index in [0.29, 0.717) is 22.3 Å². The minimum absolute atomic E-state index is 0.123. The Morgan fingerprint density at radius 1 is 0.234 bits per heavy atom. The molecule has 0 atom stereocenters. The lowest BCUT2D eigenvalue weighted by Crippen LogP contribution is -2.01. The van der Waals surface area contributed by atoms with Crippen LogP contribution in [0.4, 0.5) is 35.1 Å².